The number of halogens is 3. The highest BCUT2D eigenvalue weighted by Gasteiger charge is 2.30. The first-order valence-electron chi connectivity index (χ1n) is 8.73. The molecule has 4 rings (SSSR count). The molecular weight excluding hydrogens is 413 g/mol. The molecule has 0 bridgehead atoms. The third kappa shape index (κ3) is 4.20. The first-order chi connectivity index (χ1) is 14.4. The van der Waals surface area contributed by atoms with Gasteiger partial charge >= 0.3 is 6.18 Å². The molecule has 0 aliphatic rings. The van der Waals surface area contributed by atoms with Gasteiger partial charge < -0.3 is 0 Å². The van der Waals surface area contributed by atoms with Crippen molar-refractivity contribution in [2.75, 3.05) is 5.32 Å². The summed E-state index contributed by atoms with van der Waals surface area (Å²) in [4.78, 5) is 26.2. The Balaban J connectivity index is 1.65. The molecule has 0 unspecified atom stereocenters. The lowest BCUT2D eigenvalue weighted by molar-refractivity contribution is -0.137. The summed E-state index contributed by atoms with van der Waals surface area (Å²) in [5.74, 6) is -0.553. The molecule has 5 nitrogen and oxygen atoms in total. The third-order valence-corrected chi connectivity index (χ3v) is 5.17. The van der Waals surface area contributed by atoms with Crippen molar-refractivity contribution in [3.8, 4) is 21.8 Å². The minimum atomic E-state index is -4.46. The number of anilines is 1. The fourth-order valence-corrected chi connectivity index (χ4v) is 3.68. The lowest BCUT2D eigenvalue weighted by atomic mass is 10.1. The van der Waals surface area contributed by atoms with Gasteiger partial charge in [0.05, 0.1) is 16.1 Å². The van der Waals surface area contributed by atoms with Crippen LogP contribution in [0.4, 0.5) is 18.3 Å². The first-order valence-corrected chi connectivity index (χ1v) is 9.55. The van der Waals surface area contributed by atoms with Gasteiger partial charge in [-0.1, -0.05) is 23.5 Å². The predicted octanol–water partition coefficient (Wildman–Crippen LogP) is 5.54. The van der Waals surface area contributed by atoms with Crippen LogP contribution in [0.15, 0.2) is 73.2 Å². The van der Waals surface area contributed by atoms with Gasteiger partial charge in [-0.05, 0) is 42.5 Å². The predicted molar refractivity (Wildman–Crippen MR) is 108 cm³/mol. The molecule has 0 aliphatic carbocycles. The first kappa shape index (κ1) is 19.7. The van der Waals surface area contributed by atoms with Crippen molar-refractivity contribution >= 4 is 22.4 Å². The van der Waals surface area contributed by atoms with Crippen LogP contribution >= 0.6 is 11.3 Å². The number of nitrogens with zero attached hydrogens (tertiary/aromatic N) is 3. The second-order valence-corrected chi connectivity index (χ2v) is 7.18. The number of pyridine rings is 2. The molecule has 3 heterocycles. The van der Waals surface area contributed by atoms with Crippen molar-refractivity contribution in [1.29, 1.82) is 0 Å². The van der Waals surface area contributed by atoms with E-state index in [0.29, 0.717) is 16.5 Å². The molecule has 3 aromatic heterocycles. The molecule has 0 saturated carbocycles. The average Bonchev–Trinajstić information content (AvgIpc) is 3.18. The highest BCUT2D eigenvalue weighted by atomic mass is 32.1. The summed E-state index contributed by atoms with van der Waals surface area (Å²) < 4.78 is 38.2. The number of hydrogen-bond acceptors (Lipinski definition) is 5. The Morgan fingerprint density at radius 1 is 0.967 bits per heavy atom. The summed E-state index contributed by atoms with van der Waals surface area (Å²) in [7, 11) is 0. The smallest absolute Gasteiger partial charge is 0.298 e. The fourth-order valence-electron chi connectivity index (χ4n) is 2.72. The van der Waals surface area contributed by atoms with Gasteiger partial charge in [0.2, 0.25) is 0 Å². The largest absolute Gasteiger partial charge is 0.416 e. The minimum Gasteiger partial charge on any atom is -0.298 e. The normalized spacial score (nSPS) is 11.3. The number of nitrogens with one attached hydrogen (secondary N) is 1. The number of aromatic nitrogens is 3. The maximum absolute atomic E-state index is 12.7. The zero-order valence-corrected chi connectivity index (χ0v) is 16.0. The van der Waals surface area contributed by atoms with Crippen molar-refractivity contribution in [2.45, 2.75) is 6.18 Å². The maximum Gasteiger partial charge on any atom is 0.416 e. The van der Waals surface area contributed by atoms with E-state index in [9.17, 15) is 18.0 Å². The highest BCUT2D eigenvalue weighted by Crippen LogP contribution is 2.38. The van der Waals surface area contributed by atoms with Gasteiger partial charge in [0.25, 0.3) is 5.91 Å². The number of carbonyl (C=O) groups excluding carboxylic acids is 1. The molecule has 0 aliphatic heterocycles. The van der Waals surface area contributed by atoms with Crippen molar-refractivity contribution < 1.29 is 18.0 Å². The molecule has 9 heteroatoms. The summed E-state index contributed by atoms with van der Waals surface area (Å²) in [5.41, 5.74) is 1.30. The van der Waals surface area contributed by atoms with Crippen LogP contribution in [0.1, 0.15) is 15.9 Å². The van der Waals surface area contributed by atoms with E-state index >= 15 is 0 Å². The van der Waals surface area contributed by atoms with E-state index in [1.165, 1.54) is 11.3 Å². The van der Waals surface area contributed by atoms with E-state index in [0.717, 1.165) is 34.7 Å². The molecule has 0 saturated heterocycles. The quantitative estimate of drug-likeness (QED) is 0.465. The molecule has 1 N–H and O–H groups in total. The van der Waals surface area contributed by atoms with Gasteiger partial charge in [0.1, 0.15) is 5.69 Å². The summed E-state index contributed by atoms with van der Waals surface area (Å²) in [6, 6.07) is 13.1. The average molecular weight is 426 g/mol. The second kappa shape index (κ2) is 8.03. The van der Waals surface area contributed by atoms with Crippen LogP contribution in [0, 0.1) is 0 Å². The SMILES string of the molecule is O=C(Nc1nc(-c2ccccn2)c(-c2cccnc2)s1)c1ccc(C(F)(F)F)cc1. The number of thiazole rings is 1. The van der Waals surface area contributed by atoms with Crippen molar-refractivity contribution in [3.05, 3.63) is 84.3 Å². The Bertz CT molecular complexity index is 1100. The van der Waals surface area contributed by atoms with Crippen molar-refractivity contribution in [1.82, 2.24) is 15.0 Å². The van der Waals surface area contributed by atoms with Crippen molar-refractivity contribution in [3.63, 3.8) is 0 Å². The standard InChI is InChI=1S/C21H13F3N4OS/c22-21(23,24)15-8-6-13(7-9-15)19(29)28-20-27-17(16-5-1-2-11-26-16)18(30-20)14-4-3-10-25-12-14/h1-12H,(H,27,28,29). The fraction of sp³-hybridized carbons (Fsp3) is 0.0476. The van der Waals surface area contributed by atoms with Crippen LogP contribution in [0.5, 0.6) is 0 Å². The van der Waals surface area contributed by atoms with Crippen LogP contribution < -0.4 is 5.32 Å². The lowest BCUT2D eigenvalue weighted by Gasteiger charge is -2.07. The lowest BCUT2D eigenvalue weighted by Crippen LogP contribution is -2.12. The van der Waals surface area contributed by atoms with Gasteiger partial charge in [-0.15, -0.1) is 0 Å². The maximum atomic E-state index is 12.7. The Labute approximate surface area is 173 Å². The Morgan fingerprint density at radius 3 is 2.40 bits per heavy atom. The molecule has 150 valence electrons. The van der Waals surface area contributed by atoms with Gasteiger partial charge in [-0.2, -0.15) is 13.2 Å². The van der Waals surface area contributed by atoms with E-state index in [4.69, 9.17) is 0 Å². The molecular formula is C21H13F3N4OS. The topological polar surface area (TPSA) is 67.8 Å². The summed E-state index contributed by atoms with van der Waals surface area (Å²) in [6.45, 7) is 0. The number of amides is 1. The number of hydrogen-bond donors (Lipinski definition) is 1. The zero-order valence-electron chi connectivity index (χ0n) is 15.2. The molecule has 4 aromatic rings. The van der Waals surface area contributed by atoms with Gasteiger partial charge in [0.15, 0.2) is 5.13 Å². The number of carbonyl (C=O) groups is 1. The van der Waals surface area contributed by atoms with E-state index in [-0.39, 0.29) is 5.56 Å². The van der Waals surface area contributed by atoms with Gasteiger partial charge in [-0.25, -0.2) is 4.98 Å². The molecule has 1 aromatic carbocycles. The summed E-state index contributed by atoms with van der Waals surface area (Å²) in [6.07, 6.45) is 0.516. The molecule has 0 radical (unpaired) electrons. The van der Waals surface area contributed by atoms with E-state index in [2.05, 4.69) is 20.3 Å². The van der Waals surface area contributed by atoms with Crippen LogP contribution in [0.2, 0.25) is 0 Å². The molecule has 0 fully saturated rings. The van der Waals surface area contributed by atoms with Gasteiger partial charge in [-0.3, -0.25) is 20.1 Å². The number of rotatable bonds is 4. The van der Waals surface area contributed by atoms with Crippen LogP contribution in [-0.4, -0.2) is 20.9 Å². The Morgan fingerprint density at radius 2 is 1.77 bits per heavy atom. The molecule has 1 amide bonds. The number of alkyl halides is 3. The summed E-state index contributed by atoms with van der Waals surface area (Å²) >= 11 is 1.23. The third-order valence-electron chi connectivity index (χ3n) is 4.15. The van der Waals surface area contributed by atoms with E-state index in [1.54, 1.807) is 36.8 Å². The number of benzene rings is 1. The molecule has 0 atom stereocenters. The van der Waals surface area contributed by atoms with Crippen LogP contribution in [0.3, 0.4) is 0 Å². The van der Waals surface area contributed by atoms with Crippen molar-refractivity contribution in [2.24, 2.45) is 0 Å². The highest BCUT2D eigenvalue weighted by molar-refractivity contribution is 7.19. The van der Waals surface area contributed by atoms with Gasteiger partial charge in [0, 0.05) is 29.7 Å². The second-order valence-electron chi connectivity index (χ2n) is 6.18. The van der Waals surface area contributed by atoms with Crippen LogP contribution in [0.25, 0.3) is 21.8 Å². The van der Waals surface area contributed by atoms with Crippen LogP contribution in [-0.2, 0) is 6.18 Å². The Hall–Kier alpha value is -3.59. The molecule has 0 spiro atoms. The Kier molecular flexibility index (Phi) is 5.28. The zero-order chi connectivity index (χ0) is 21.1. The summed E-state index contributed by atoms with van der Waals surface area (Å²) in [5, 5.41) is 2.96. The molecule has 30 heavy (non-hydrogen) atoms. The van der Waals surface area contributed by atoms with E-state index < -0.39 is 17.6 Å². The van der Waals surface area contributed by atoms with E-state index in [1.807, 2.05) is 12.1 Å². The monoisotopic (exact) mass is 426 g/mol. The minimum absolute atomic E-state index is 0.0977.